The van der Waals surface area contributed by atoms with Gasteiger partial charge in [-0.2, -0.15) is 0 Å². The SMILES string of the molecule is CNc1ccc(/C(O)=C(/C(C)=N)C(=O)O)cc1.COC(=O)C1CCCCC1. The Morgan fingerprint density at radius 1 is 1.11 bits per heavy atom. The first-order valence-corrected chi connectivity index (χ1v) is 8.89. The zero-order valence-electron chi connectivity index (χ0n) is 16.0. The topological polar surface area (TPSA) is 120 Å². The van der Waals surface area contributed by atoms with Crippen LogP contribution in [0.5, 0.6) is 0 Å². The van der Waals surface area contributed by atoms with Gasteiger partial charge in [0, 0.05) is 24.0 Å². The van der Waals surface area contributed by atoms with Crippen LogP contribution in [0.15, 0.2) is 29.8 Å². The zero-order valence-corrected chi connectivity index (χ0v) is 16.0. The molecule has 2 rings (SSSR count). The second-order valence-corrected chi connectivity index (χ2v) is 6.34. The molecule has 0 aromatic heterocycles. The number of aliphatic hydroxyl groups is 1. The fourth-order valence-corrected chi connectivity index (χ4v) is 2.88. The number of hydrogen-bond acceptors (Lipinski definition) is 6. The smallest absolute Gasteiger partial charge is 0.341 e. The van der Waals surface area contributed by atoms with Crippen LogP contribution in [0.4, 0.5) is 5.69 Å². The van der Waals surface area contributed by atoms with Crippen molar-refractivity contribution < 1.29 is 24.5 Å². The van der Waals surface area contributed by atoms with Crippen molar-refractivity contribution in [2.75, 3.05) is 19.5 Å². The third-order valence-electron chi connectivity index (χ3n) is 4.41. The number of hydrogen-bond donors (Lipinski definition) is 4. The van der Waals surface area contributed by atoms with Crippen LogP contribution in [0.2, 0.25) is 0 Å². The van der Waals surface area contributed by atoms with Crippen LogP contribution < -0.4 is 5.32 Å². The second kappa shape index (κ2) is 11.0. The number of aliphatic carboxylic acids is 1. The molecule has 27 heavy (non-hydrogen) atoms. The highest BCUT2D eigenvalue weighted by molar-refractivity contribution is 6.21. The molecule has 148 valence electrons. The highest BCUT2D eigenvalue weighted by Gasteiger charge is 2.21. The van der Waals surface area contributed by atoms with E-state index in [4.69, 9.17) is 10.5 Å². The Hall–Kier alpha value is -2.83. The zero-order chi connectivity index (χ0) is 20.4. The van der Waals surface area contributed by atoms with Gasteiger partial charge in [0.2, 0.25) is 0 Å². The average Bonchev–Trinajstić information content (AvgIpc) is 2.68. The summed E-state index contributed by atoms with van der Waals surface area (Å²) in [6.07, 6.45) is 5.74. The molecular weight excluding hydrogens is 348 g/mol. The molecule has 0 atom stereocenters. The third kappa shape index (κ3) is 6.77. The number of aliphatic hydroxyl groups excluding tert-OH is 1. The van der Waals surface area contributed by atoms with Crippen molar-refractivity contribution in [3.8, 4) is 0 Å². The summed E-state index contributed by atoms with van der Waals surface area (Å²) < 4.78 is 4.65. The van der Waals surface area contributed by atoms with E-state index in [0.717, 1.165) is 18.5 Å². The van der Waals surface area contributed by atoms with Gasteiger partial charge >= 0.3 is 11.9 Å². The Balaban J connectivity index is 0.000000309. The van der Waals surface area contributed by atoms with E-state index in [2.05, 4.69) is 10.1 Å². The summed E-state index contributed by atoms with van der Waals surface area (Å²) in [4.78, 5) is 21.9. The number of rotatable bonds is 5. The molecule has 1 saturated carbocycles. The van der Waals surface area contributed by atoms with Gasteiger partial charge in [-0.05, 0) is 44.0 Å². The van der Waals surface area contributed by atoms with Gasteiger partial charge in [0.25, 0.3) is 0 Å². The van der Waals surface area contributed by atoms with Crippen LogP contribution in [-0.4, -0.2) is 42.0 Å². The lowest BCUT2D eigenvalue weighted by molar-refractivity contribution is -0.146. The lowest BCUT2D eigenvalue weighted by Crippen LogP contribution is -2.18. The van der Waals surface area contributed by atoms with E-state index in [1.165, 1.54) is 33.3 Å². The Kier molecular flexibility index (Phi) is 9.05. The lowest BCUT2D eigenvalue weighted by Gasteiger charge is -2.18. The van der Waals surface area contributed by atoms with E-state index in [1.54, 1.807) is 31.3 Å². The molecule has 0 spiro atoms. The quantitative estimate of drug-likeness (QED) is 0.268. The van der Waals surface area contributed by atoms with E-state index in [-0.39, 0.29) is 23.2 Å². The predicted molar refractivity (Wildman–Crippen MR) is 105 cm³/mol. The van der Waals surface area contributed by atoms with Crippen LogP contribution in [0.3, 0.4) is 0 Å². The van der Waals surface area contributed by atoms with Gasteiger partial charge in [-0.15, -0.1) is 0 Å². The predicted octanol–water partition coefficient (Wildman–Crippen LogP) is 3.86. The summed E-state index contributed by atoms with van der Waals surface area (Å²) >= 11 is 0. The molecular formula is C20H28N2O5. The molecule has 1 aromatic carbocycles. The lowest BCUT2D eigenvalue weighted by atomic mass is 9.89. The average molecular weight is 376 g/mol. The first-order valence-electron chi connectivity index (χ1n) is 8.89. The summed E-state index contributed by atoms with van der Waals surface area (Å²) in [5.41, 5.74) is 0.646. The number of carbonyl (C=O) groups excluding carboxylic acids is 1. The number of ether oxygens (including phenoxy) is 1. The number of carboxylic acids is 1. The minimum absolute atomic E-state index is 0.0142. The second-order valence-electron chi connectivity index (χ2n) is 6.34. The first kappa shape index (κ1) is 22.2. The summed E-state index contributed by atoms with van der Waals surface area (Å²) in [6, 6.07) is 6.61. The van der Waals surface area contributed by atoms with Crippen LogP contribution in [-0.2, 0) is 14.3 Å². The number of carbonyl (C=O) groups is 2. The summed E-state index contributed by atoms with van der Waals surface area (Å²) in [5, 5.41) is 29.0. The number of methoxy groups -OCH3 is 1. The van der Waals surface area contributed by atoms with Crippen molar-refractivity contribution in [1.82, 2.24) is 0 Å². The van der Waals surface area contributed by atoms with Gasteiger partial charge in [0.15, 0.2) is 0 Å². The van der Waals surface area contributed by atoms with Gasteiger partial charge in [-0.25, -0.2) is 4.79 Å². The first-order chi connectivity index (χ1) is 12.8. The fourth-order valence-electron chi connectivity index (χ4n) is 2.88. The molecule has 7 heteroatoms. The summed E-state index contributed by atoms with van der Waals surface area (Å²) in [7, 11) is 3.23. The van der Waals surface area contributed by atoms with Crippen LogP contribution in [0.1, 0.15) is 44.6 Å². The van der Waals surface area contributed by atoms with Crippen LogP contribution in [0.25, 0.3) is 5.76 Å². The van der Waals surface area contributed by atoms with E-state index in [9.17, 15) is 14.7 Å². The molecule has 0 aliphatic heterocycles. The number of benzene rings is 1. The molecule has 1 aliphatic rings. The van der Waals surface area contributed by atoms with Gasteiger partial charge < -0.3 is 25.7 Å². The number of nitrogens with one attached hydrogen (secondary N) is 2. The molecule has 4 N–H and O–H groups in total. The summed E-state index contributed by atoms with van der Waals surface area (Å²) in [5.74, 6) is -1.52. The standard InChI is InChI=1S/C12H14N2O3.C8H14O2/c1-7(13)10(12(16)17)11(15)8-3-5-9(14-2)6-4-8;1-10-8(9)7-5-3-2-4-6-7/h3-6,13-15H,1-2H3,(H,16,17);7H,2-6H2,1H3/b11-10+,13-7?;. The molecule has 0 heterocycles. The highest BCUT2D eigenvalue weighted by Crippen LogP contribution is 2.24. The van der Waals surface area contributed by atoms with Crippen molar-refractivity contribution in [2.45, 2.75) is 39.0 Å². The van der Waals surface area contributed by atoms with Gasteiger partial charge in [0.05, 0.1) is 13.0 Å². The fraction of sp³-hybridized carbons (Fsp3) is 0.450. The normalized spacial score (nSPS) is 14.9. The van der Waals surface area contributed by atoms with Crippen molar-refractivity contribution in [1.29, 1.82) is 5.41 Å². The molecule has 1 aromatic rings. The van der Waals surface area contributed by atoms with Crippen LogP contribution >= 0.6 is 0 Å². The maximum absolute atomic E-state index is 10.9. The molecule has 0 saturated heterocycles. The minimum Gasteiger partial charge on any atom is -0.506 e. The molecule has 0 bridgehead atoms. The molecule has 0 unspecified atom stereocenters. The van der Waals surface area contributed by atoms with Crippen molar-refractivity contribution in [3.05, 3.63) is 35.4 Å². The maximum Gasteiger partial charge on any atom is 0.341 e. The minimum atomic E-state index is -1.31. The van der Waals surface area contributed by atoms with Gasteiger partial charge in [0.1, 0.15) is 11.3 Å². The van der Waals surface area contributed by atoms with Crippen LogP contribution in [0, 0.1) is 11.3 Å². The Labute approximate surface area is 159 Å². The Morgan fingerprint density at radius 2 is 1.67 bits per heavy atom. The highest BCUT2D eigenvalue weighted by atomic mass is 16.5. The van der Waals surface area contributed by atoms with E-state index >= 15 is 0 Å². The van der Waals surface area contributed by atoms with Gasteiger partial charge in [-0.1, -0.05) is 19.3 Å². The van der Waals surface area contributed by atoms with E-state index in [1.807, 2.05) is 0 Å². The Morgan fingerprint density at radius 3 is 2.07 bits per heavy atom. The number of esters is 1. The molecule has 7 nitrogen and oxygen atoms in total. The number of anilines is 1. The van der Waals surface area contributed by atoms with E-state index in [0.29, 0.717) is 5.56 Å². The van der Waals surface area contributed by atoms with Crippen molar-refractivity contribution >= 4 is 29.1 Å². The van der Waals surface area contributed by atoms with E-state index < -0.39 is 11.7 Å². The largest absolute Gasteiger partial charge is 0.506 e. The summed E-state index contributed by atoms with van der Waals surface area (Å²) in [6.45, 7) is 1.32. The van der Waals surface area contributed by atoms with Gasteiger partial charge in [-0.3, -0.25) is 4.79 Å². The Bertz CT molecular complexity index is 673. The van der Waals surface area contributed by atoms with Crippen molar-refractivity contribution in [3.63, 3.8) is 0 Å². The maximum atomic E-state index is 10.9. The molecule has 1 fully saturated rings. The molecule has 1 aliphatic carbocycles. The number of carboxylic acid groups (broad SMARTS) is 1. The monoisotopic (exact) mass is 376 g/mol. The molecule has 0 amide bonds. The molecule has 0 radical (unpaired) electrons. The third-order valence-corrected chi connectivity index (χ3v) is 4.41. The van der Waals surface area contributed by atoms with Crippen molar-refractivity contribution in [2.24, 2.45) is 5.92 Å².